The zero-order chi connectivity index (χ0) is 19.3. The number of imide groups is 2. The van der Waals surface area contributed by atoms with Crippen LogP contribution in [0.1, 0.15) is 40.5 Å². The Morgan fingerprint density at radius 1 is 1.11 bits per heavy atom. The van der Waals surface area contributed by atoms with E-state index in [0.717, 1.165) is 11.0 Å². The van der Waals surface area contributed by atoms with Crippen LogP contribution in [0.25, 0.3) is 0 Å². The minimum Gasteiger partial charge on any atom is -0.366 e. The molecule has 27 heavy (non-hydrogen) atoms. The third-order valence-corrected chi connectivity index (χ3v) is 5.22. The van der Waals surface area contributed by atoms with E-state index in [1.54, 1.807) is 0 Å². The Hall–Kier alpha value is -2.81. The molecule has 142 valence electrons. The molecule has 2 atom stereocenters. The van der Waals surface area contributed by atoms with Crippen LogP contribution < -0.4 is 15.5 Å². The van der Waals surface area contributed by atoms with Crippen LogP contribution in [-0.4, -0.2) is 60.2 Å². The summed E-state index contributed by atoms with van der Waals surface area (Å²) < 4.78 is 14.7. The highest BCUT2D eigenvalue weighted by Crippen LogP contribution is 2.32. The van der Waals surface area contributed by atoms with Crippen LogP contribution in [0.15, 0.2) is 12.1 Å². The second-order valence-electron chi connectivity index (χ2n) is 7.10. The summed E-state index contributed by atoms with van der Waals surface area (Å²) in [6, 6.07) is 1.59. The van der Waals surface area contributed by atoms with Gasteiger partial charge >= 0.3 is 0 Å². The molecule has 8 nitrogen and oxygen atoms in total. The molecule has 0 saturated carbocycles. The number of hydrogen-bond donors (Lipinski definition) is 2. The number of halogens is 1. The minimum atomic E-state index is -1.05. The Morgan fingerprint density at radius 2 is 1.81 bits per heavy atom. The van der Waals surface area contributed by atoms with Crippen molar-refractivity contribution in [2.75, 3.05) is 24.5 Å². The molecule has 0 aromatic heterocycles. The second kappa shape index (κ2) is 6.41. The number of hydrogen-bond acceptors (Lipinski definition) is 6. The van der Waals surface area contributed by atoms with Gasteiger partial charge in [0, 0.05) is 32.1 Å². The molecule has 1 aromatic rings. The first-order valence-electron chi connectivity index (χ1n) is 8.90. The van der Waals surface area contributed by atoms with Gasteiger partial charge in [0.2, 0.25) is 11.8 Å². The topological polar surface area (TPSA) is 98.8 Å². The van der Waals surface area contributed by atoms with Crippen LogP contribution in [0.5, 0.6) is 0 Å². The molecule has 2 unspecified atom stereocenters. The lowest BCUT2D eigenvalue weighted by Crippen LogP contribution is -2.54. The molecule has 0 bridgehead atoms. The maximum absolute atomic E-state index is 14.7. The average molecular weight is 374 g/mol. The smallest absolute Gasteiger partial charge is 0.262 e. The highest BCUT2D eigenvalue weighted by molar-refractivity contribution is 6.23. The van der Waals surface area contributed by atoms with E-state index in [1.807, 2.05) is 11.8 Å². The number of fused-ring (bicyclic) bond motifs is 1. The van der Waals surface area contributed by atoms with Gasteiger partial charge in [0.05, 0.1) is 16.8 Å². The molecule has 2 N–H and O–H groups in total. The fourth-order valence-electron chi connectivity index (χ4n) is 3.87. The maximum atomic E-state index is 14.7. The number of carbonyl (C=O) groups excluding carboxylic acids is 4. The van der Waals surface area contributed by atoms with Gasteiger partial charge in [-0.2, -0.15) is 0 Å². The zero-order valence-electron chi connectivity index (χ0n) is 14.8. The molecule has 0 radical (unpaired) electrons. The first-order valence-corrected chi connectivity index (χ1v) is 8.90. The van der Waals surface area contributed by atoms with E-state index >= 15 is 0 Å². The van der Waals surface area contributed by atoms with Crippen LogP contribution in [0.3, 0.4) is 0 Å². The summed E-state index contributed by atoms with van der Waals surface area (Å²) in [4.78, 5) is 51.6. The molecule has 0 aliphatic carbocycles. The Labute approximate surface area is 154 Å². The second-order valence-corrected chi connectivity index (χ2v) is 7.10. The predicted octanol–water partition coefficient (Wildman–Crippen LogP) is 0.0250. The van der Waals surface area contributed by atoms with Crippen molar-refractivity contribution in [3.63, 3.8) is 0 Å². The largest absolute Gasteiger partial charge is 0.366 e. The summed E-state index contributed by atoms with van der Waals surface area (Å²) in [5, 5.41) is 5.40. The van der Waals surface area contributed by atoms with E-state index in [-0.39, 0.29) is 35.7 Å². The number of anilines is 1. The van der Waals surface area contributed by atoms with Gasteiger partial charge in [0.15, 0.2) is 0 Å². The molecule has 1 aromatic carbocycles. The van der Waals surface area contributed by atoms with Gasteiger partial charge < -0.3 is 10.2 Å². The van der Waals surface area contributed by atoms with Gasteiger partial charge in [-0.05, 0) is 25.5 Å². The van der Waals surface area contributed by atoms with E-state index in [0.29, 0.717) is 19.6 Å². The van der Waals surface area contributed by atoms with Gasteiger partial charge in [0.1, 0.15) is 11.9 Å². The molecule has 2 saturated heterocycles. The summed E-state index contributed by atoms with van der Waals surface area (Å²) in [5.74, 6) is -3.03. The van der Waals surface area contributed by atoms with Crippen molar-refractivity contribution < 1.29 is 23.6 Å². The maximum Gasteiger partial charge on any atom is 0.262 e. The van der Waals surface area contributed by atoms with E-state index in [2.05, 4.69) is 10.6 Å². The first-order chi connectivity index (χ1) is 12.9. The van der Waals surface area contributed by atoms with Crippen molar-refractivity contribution in [3.05, 3.63) is 29.1 Å². The lowest BCUT2D eigenvalue weighted by molar-refractivity contribution is -0.136. The van der Waals surface area contributed by atoms with E-state index in [9.17, 15) is 23.6 Å². The number of rotatable bonds is 2. The third kappa shape index (κ3) is 2.87. The zero-order valence-corrected chi connectivity index (χ0v) is 14.8. The lowest BCUT2D eigenvalue weighted by Gasteiger charge is -2.34. The molecule has 4 amide bonds. The van der Waals surface area contributed by atoms with Crippen molar-refractivity contribution >= 4 is 29.3 Å². The highest BCUT2D eigenvalue weighted by Gasteiger charge is 2.45. The van der Waals surface area contributed by atoms with E-state index < -0.39 is 35.5 Å². The molecule has 2 fully saturated rings. The van der Waals surface area contributed by atoms with Crippen LogP contribution in [0.2, 0.25) is 0 Å². The highest BCUT2D eigenvalue weighted by atomic mass is 19.1. The molecule has 3 aliphatic heterocycles. The first kappa shape index (κ1) is 17.6. The van der Waals surface area contributed by atoms with Crippen molar-refractivity contribution in [2.45, 2.75) is 31.8 Å². The number of nitrogens with zero attached hydrogens (tertiary/aromatic N) is 2. The van der Waals surface area contributed by atoms with Gasteiger partial charge in [0.25, 0.3) is 11.8 Å². The molecular formula is C18H19FN4O4. The van der Waals surface area contributed by atoms with Crippen LogP contribution in [0, 0.1) is 5.82 Å². The molecule has 3 aliphatic rings. The van der Waals surface area contributed by atoms with Crippen LogP contribution in [-0.2, 0) is 9.59 Å². The minimum absolute atomic E-state index is 0.0437. The lowest BCUT2D eigenvalue weighted by atomic mass is 10.0. The Morgan fingerprint density at radius 3 is 2.48 bits per heavy atom. The quantitative estimate of drug-likeness (QED) is 0.709. The van der Waals surface area contributed by atoms with Crippen LogP contribution >= 0.6 is 0 Å². The summed E-state index contributed by atoms with van der Waals surface area (Å²) in [5.41, 5.74) is 0.315. The Kier molecular flexibility index (Phi) is 4.18. The third-order valence-electron chi connectivity index (χ3n) is 5.22. The predicted molar refractivity (Wildman–Crippen MR) is 92.7 cm³/mol. The molecule has 9 heteroatoms. The summed E-state index contributed by atoms with van der Waals surface area (Å²) >= 11 is 0. The number of benzene rings is 1. The van der Waals surface area contributed by atoms with Gasteiger partial charge in [-0.3, -0.25) is 29.4 Å². The number of piperidine rings is 1. The SMILES string of the molecule is CC1CN(c2cc3c(cc2F)C(=O)N(C2CCC(=O)NC2=O)C3=O)CCN1. The van der Waals surface area contributed by atoms with Crippen molar-refractivity contribution in [2.24, 2.45) is 0 Å². The molecular weight excluding hydrogens is 355 g/mol. The standard InChI is InChI=1S/C18H19FN4O4/c1-9-8-22(5-4-20-9)14-7-11-10(6-12(14)19)17(26)23(18(11)27)13-2-3-15(24)21-16(13)25/h6-7,9,13,20H,2-5,8H2,1H3,(H,21,24,25). The fraction of sp³-hybridized carbons (Fsp3) is 0.444. The average Bonchev–Trinajstić information content (AvgIpc) is 2.85. The van der Waals surface area contributed by atoms with Crippen molar-refractivity contribution in [1.82, 2.24) is 15.5 Å². The fourth-order valence-corrected chi connectivity index (χ4v) is 3.87. The van der Waals surface area contributed by atoms with Gasteiger partial charge in [-0.1, -0.05) is 0 Å². The van der Waals surface area contributed by atoms with Gasteiger partial charge in [-0.15, -0.1) is 0 Å². The van der Waals surface area contributed by atoms with Crippen molar-refractivity contribution in [3.8, 4) is 0 Å². The molecule has 0 spiro atoms. The Balaban J connectivity index is 1.67. The van der Waals surface area contributed by atoms with Gasteiger partial charge in [-0.25, -0.2) is 4.39 Å². The number of piperazine rings is 1. The number of amides is 4. The Bertz CT molecular complexity index is 871. The molecule has 3 heterocycles. The van der Waals surface area contributed by atoms with Crippen molar-refractivity contribution in [1.29, 1.82) is 0 Å². The number of nitrogens with one attached hydrogen (secondary N) is 2. The summed E-state index contributed by atoms with van der Waals surface area (Å²) in [6.45, 7) is 3.83. The van der Waals surface area contributed by atoms with Crippen LogP contribution in [0.4, 0.5) is 10.1 Å². The molecule has 4 rings (SSSR count). The summed E-state index contributed by atoms with van der Waals surface area (Å²) in [7, 11) is 0. The summed E-state index contributed by atoms with van der Waals surface area (Å²) in [6.07, 6.45) is 0.114. The number of carbonyl (C=O) groups is 4. The van der Waals surface area contributed by atoms with E-state index in [4.69, 9.17) is 0 Å². The monoisotopic (exact) mass is 374 g/mol. The normalized spacial score (nSPS) is 25.7. The van der Waals surface area contributed by atoms with E-state index in [1.165, 1.54) is 6.07 Å².